The Labute approximate surface area is 133 Å². The maximum atomic E-state index is 13.0. The van der Waals surface area contributed by atoms with Crippen LogP contribution in [-0.2, 0) is 19.1 Å². The summed E-state index contributed by atoms with van der Waals surface area (Å²) >= 11 is 0. The van der Waals surface area contributed by atoms with Crippen molar-refractivity contribution in [2.45, 2.75) is 19.3 Å². The molecule has 4 rings (SSSR count). The van der Waals surface area contributed by atoms with Crippen molar-refractivity contribution in [1.29, 1.82) is 0 Å². The lowest BCUT2D eigenvalue weighted by Gasteiger charge is -2.30. The number of rotatable bonds is 2. The molecule has 3 fully saturated rings. The van der Waals surface area contributed by atoms with Gasteiger partial charge in [-0.2, -0.15) is 5.10 Å². The van der Waals surface area contributed by atoms with Crippen molar-refractivity contribution in [3.63, 3.8) is 0 Å². The van der Waals surface area contributed by atoms with Gasteiger partial charge in [0.05, 0.1) is 25.0 Å². The Kier molecular flexibility index (Phi) is 3.37. The van der Waals surface area contributed by atoms with Gasteiger partial charge in [-0.3, -0.25) is 14.4 Å². The maximum absolute atomic E-state index is 13.0. The summed E-state index contributed by atoms with van der Waals surface area (Å²) in [7, 11) is 0. The molecular formula is C15H20N4O4. The number of carbonyl (C=O) groups is 3. The maximum Gasteiger partial charge on any atom is 0.270 e. The Bertz CT molecular complexity index is 598. The number of amides is 3. The van der Waals surface area contributed by atoms with Crippen molar-refractivity contribution in [1.82, 2.24) is 15.2 Å². The van der Waals surface area contributed by atoms with E-state index in [-0.39, 0.29) is 35.8 Å². The van der Waals surface area contributed by atoms with Gasteiger partial charge in [0.2, 0.25) is 11.8 Å². The summed E-state index contributed by atoms with van der Waals surface area (Å²) < 4.78 is 5.58. The van der Waals surface area contributed by atoms with Crippen LogP contribution in [0.25, 0.3) is 0 Å². The van der Waals surface area contributed by atoms with E-state index in [1.807, 2.05) is 4.90 Å². The molecule has 3 amide bonds. The molecule has 8 nitrogen and oxygen atoms in total. The molecule has 4 heterocycles. The van der Waals surface area contributed by atoms with E-state index in [2.05, 4.69) is 10.5 Å². The van der Waals surface area contributed by atoms with E-state index >= 15 is 0 Å². The fourth-order valence-electron chi connectivity index (χ4n) is 4.09. The molecule has 8 heteroatoms. The van der Waals surface area contributed by atoms with Crippen molar-refractivity contribution < 1.29 is 19.1 Å². The van der Waals surface area contributed by atoms with Crippen LogP contribution in [0.1, 0.15) is 19.3 Å². The lowest BCUT2D eigenvalue weighted by atomic mass is 9.79. The third-order valence-corrected chi connectivity index (χ3v) is 5.37. The summed E-state index contributed by atoms with van der Waals surface area (Å²) in [6.45, 7) is 3.33. The van der Waals surface area contributed by atoms with E-state index in [0.29, 0.717) is 26.3 Å². The second-order valence-electron chi connectivity index (χ2n) is 6.82. The van der Waals surface area contributed by atoms with E-state index in [4.69, 9.17) is 4.74 Å². The topological polar surface area (TPSA) is 91.3 Å². The van der Waals surface area contributed by atoms with Crippen LogP contribution < -0.4 is 5.43 Å². The average Bonchev–Trinajstić information content (AvgIpc) is 3.29. The van der Waals surface area contributed by atoms with E-state index in [0.717, 1.165) is 25.9 Å². The number of nitrogens with one attached hydrogen (secondary N) is 1. The Morgan fingerprint density at radius 1 is 1.26 bits per heavy atom. The van der Waals surface area contributed by atoms with Crippen LogP contribution in [0, 0.1) is 11.3 Å². The quantitative estimate of drug-likeness (QED) is 0.703. The molecule has 0 aliphatic carbocycles. The Morgan fingerprint density at radius 3 is 2.74 bits per heavy atom. The largest absolute Gasteiger partial charge is 0.380 e. The molecule has 0 aromatic rings. The highest BCUT2D eigenvalue weighted by Gasteiger charge is 2.58. The molecule has 1 N–H and O–H groups in total. The predicted molar refractivity (Wildman–Crippen MR) is 79.3 cm³/mol. The fraction of sp³-hybridized carbons (Fsp3) is 0.733. The van der Waals surface area contributed by atoms with Gasteiger partial charge in [0, 0.05) is 32.1 Å². The number of hydrogen-bond acceptors (Lipinski definition) is 5. The van der Waals surface area contributed by atoms with E-state index in [9.17, 15) is 14.4 Å². The van der Waals surface area contributed by atoms with Gasteiger partial charge in [0.15, 0.2) is 0 Å². The highest BCUT2D eigenvalue weighted by Crippen LogP contribution is 2.43. The number of fused-ring (bicyclic) bond motifs is 1. The lowest BCUT2D eigenvalue weighted by Crippen LogP contribution is -2.48. The third-order valence-electron chi connectivity index (χ3n) is 5.37. The molecular weight excluding hydrogens is 300 g/mol. The summed E-state index contributed by atoms with van der Waals surface area (Å²) in [5.41, 5.74) is 1.92. The van der Waals surface area contributed by atoms with E-state index < -0.39 is 5.41 Å². The summed E-state index contributed by atoms with van der Waals surface area (Å²) in [4.78, 5) is 40.4. The normalized spacial score (nSPS) is 33.0. The highest BCUT2D eigenvalue weighted by molar-refractivity contribution is 6.43. The first-order valence-corrected chi connectivity index (χ1v) is 8.12. The molecule has 124 valence electrons. The molecule has 2 atom stereocenters. The highest BCUT2D eigenvalue weighted by atomic mass is 16.5. The molecule has 0 aromatic heterocycles. The first kappa shape index (κ1) is 14.6. The second kappa shape index (κ2) is 5.30. The number of hydrogen-bond donors (Lipinski definition) is 1. The number of nitrogens with zero attached hydrogens (tertiary/aromatic N) is 3. The van der Waals surface area contributed by atoms with Crippen LogP contribution in [-0.4, -0.2) is 72.6 Å². The molecule has 3 saturated heterocycles. The summed E-state index contributed by atoms with van der Waals surface area (Å²) in [6, 6.07) is 0. The average molecular weight is 320 g/mol. The Hall–Kier alpha value is -1.96. The zero-order valence-electron chi connectivity index (χ0n) is 12.9. The van der Waals surface area contributed by atoms with Crippen LogP contribution in [0.5, 0.6) is 0 Å². The smallest absolute Gasteiger partial charge is 0.270 e. The van der Waals surface area contributed by atoms with E-state index in [1.165, 1.54) is 0 Å². The molecule has 0 spiro atoms. The van der Waals surface area contributed by atoms with Gasteiger partial charge in [-0.15, -0.1) is 0 Å². The second-order valence-corrected chi connectivity index (χ2v) is 6.82. The molecule has 0 unspecified atom stereocenters. The van der Waals surface area contributed by atoms with Crippen LogP contribution in [0.15, 0.2) is 5.10 Å². The predicted octanol–water partition coefficient (Wildman–Crippen LogP) is -1.04. The van der Waals surface area contributed by atoms with Crippen molar-refractivity contribution in [2.24, 2.45) is 16.4 Å². The minimum Gasteiger partial charge on any atom is -0.380 e. The van der Waals surface area contributed by atoms with Gasteiger partial charge in [0.1, 0.15) is 5.71 Å². The van der Waals surface area contributed by atoms with Crippen molar-refractivity contribution in [3.8, 4) is 0 Å². The molecule has 0 bridgehead atoms. The molecule has 0 saturated carbocycles. The third kappa shape index (κ3) is 2.23. The minimum absolute atomic E-state index is 0.0174. The van der Waals surface area contributed by atoms with Crippen LogP contribution >= 0.6 is 0 Å². The van der Waals surface area contributed by atoms with E-state index in [1.54, 1.807) is 4.90 Å². The standard InChI is InChI=1S/C15H20N4O4/c20-12-5-11(16-17-12)13(21)19-6-10-7-23-9-15(10,8-19)14(22)18-3-1-2-4-18/h10H,1-9H2,(H,17,20)/t10-,15-/m1/s1. The van der Waals surface area contributed by atoms with Crippen LogP contribution in [0.2, 0.25) is 0 Å². The number of ether oxygens (including phenoxy) is 1. The molecule has 4 aliphatic rings. The van der Waals surface area contributed by atoms with Gasteiger partial charge in [-0.1, -0.05) is 0 Å². The summed E-state index contributed by atoms with van der Waals surface area (Å²) in [6.07, 6.45) is 2.10. The first-order valence-electron chi connectivity index (χ1n) is 8.12. The van der Waals surface area contributed by atoms with Crippen molar-refractivity contribution in [2.75, 3.05) is 39.4 Å². The van der Waals surface area contributed by atoms with Gasteiger partial charge in [0.25, 0.3) is 5.91 Å². The van der Waals surface area contributed by atoms with Gasteiger partial charge in [-0.05, 0) is 12.8 Å². The SMILES string of the molecule is O=C1CC(C(=O)N2C[C@@H]3COC[C@]3(C(=O)N3CCCC3)C2)=NN1. The van der Waals surface area contributed by atoms with Crippen LogP contribution in [0.4, 0.5) is 0 Å². The van der Waals surface area contributed by atoms with Crippen molar-refractivity contribution >= 4 is 23.4 Å². The van der Waals surface area contributed by atoms with Gasteiger partial charge >= 0.3 is 0 Å². The lowest BCUT2D eigenvalue weighted by molar-refractivity contribution is -0.142. The zero-order chi connectivity index (χ0) is 16.0. The molecule has 4 aliphatic heterocycles. The van der Waals surface area contributed by atoms with Gasteiger partial charge in [-0.25, -0.2) is 5.43 Å². The number of hydrazone groups is 1. The Balaban J connectivity index is 1.53. The molecule has 23 heavy (non-hydrogen) atoms. The number of carbonyl (C=O) groups excluding carboxylic acids is 3. The summed E-state index contributed by atoms with van der Waals surface area (Å²) in [5.74, 6) is -0.356. The molecule has 0 aromatic carbocycles. The monoisotopic (exact) mass is 320 g/mol. The Morgan fingerprint density at radius 2 is 2.04 bits per heavy atom. The first-order chi connectivity index (χ1) is 11.1. The van der Waals surface area contributed by atoms with Gasteiger partial charge < -0.3 is 14.5 Å². The summed E-state index contributed by atoms with van der Waals surface area (Å²) in [5, 5.41) is 3.80. The molecule has 0 radical (unpaired) electrons. The minimum atomic E-state index is -0.614. The van der Waals surface area contributed by atoms with Crippen LogP contribution in [0.3, 0.4) is 0 Å². The fourth-order valence-corrected chi connectivity index (χ4v) is 4.09. The zero-order valence-corrected chi connectivity index (χ0v) is 12.9. The number of likely N-dealkylation sites (tertiary alicyclic amines) is 2. The van der Waals surface area contributed by atoms with Crippen molar-refractivity contribution in [3.05, 3.63) is 0 Å².